The van der Waals surface area contributed by atoms with Gasteiger partial charge < -0.3 is 40.3 Å². The van der Waals surface area contributed by atoms with E-state index in [2.05, 4.69) is 43.5 Å². The number of aliphatic hydroxyl groups excluding tert-OH is 5. The van der Waals surface area contributed by atoms with Crippen molar-refractivity contribution in [1.29, 1.82) is 0 Å². The van der Waals surface area contributed by atoms with E-state index in [-0.39, 0.29) is 12.5 Å². The van der Waals surface area contributed by atoms with Crippen LogP contribution in [0, 0.1) is 0 Å². The molecule has 62 heavy (non-hydrogen) atoms. The number of unbranched alkanes of at least 4 members (excludes halogenated alkanes) is 31. The minimum Gasteiger partial charge on any atom is -0.394 e. The summed E-state index contributed by atoms with van der Waals surface area (Å²) in [5, 5.41) is 54.3. The highest BCUT2D eigenvalue weighted by molar-refractivity contribution is 5.76. The molecule has 0 aliphatic carbocycles. The van der Waals surface area contributed by atoms with Gasteiger partial charge in [0.1, 0.15) is 24.4 Å². The molecule has 0 aromatic rings. The van der Waals surface area contributed by atoms with Crippen molar-refractivity contribution < 1.29 is 39.8 Å². The molecule has 6 N–H and O–H groups in total. The maximum atomic E-state index is 13.0. The second-order valence-electron chi connectivity index (χ2n) is 18.7. The Balaban J connectivity index is 2.13. The van der Waals surface area contributed by atoms with Gasteiger partial charge in [-0.05, 0) is 44.9 Å². The lowest BCUT2D eigenvalue weighted by molar-refractivity contribution is -0.302. The van der Waals surface area contributed by atoms with Crippen molar-refractivity contribution in [2.75, 3.05) is 13.2 Å². The molecule has 9 heteroatoms. The molecule has 7 unspecified atom stereocenters. The van der Waals surface area contributed by atoms with E-state index in [0.717, 1.165) is 44.9 Å². The van der Waals surface area contributed by atoms with Crippen LogP contribution in [0.3, 0.4) is 0 Å². The number of carbonyl (C=O) groups excluding carboxylic acids is 1. The summed E-state index contributed by atoms with van der Waals surface area (Å²) in [6.07, 6.45) is 46.4. The van der Waals surface area contributed by atoms with Gasteiger partial charge in [-0.15, -0.1) is 0 Å². The first-order chi connectivity index (χ1) is 30.3. The average molecular weight is 880 g/mol. The third-order valence-electron chi connectivity index (χ3n) is 12.8. The van der Waals surface area contributed by atoms with Gasteiger partial charge in [-0.25, -0.2) is 0 Å². The normalized spacial score (nSPS) is 20.4. The maximum absolute atomic E-state index is 13.0. The van der Waals surface area contributed by atoms with E-state index in [1.54, 1.807) is 0 Å². The predicted molar refractivity (Wildman–Crippen MR) is 258 cm³/mol. The number of carbonyl (C=O) groups is 1. The smallest absolute Gasteiger partial charge is 0.220 e. The lowest BCUT2D eigenvalue weighted by Gasteiger charge is -2.40. The Kier molecular flexibility index (Phi) is 41.2. The molecule has 0 aromatic heterocycles. The quantitative estimate of drug-likeness (QED) is 0.0262. The molecule has 0 saturated carbocycles. The molecule has 0 radical (unpaired) electrons. The van der Waals surface area contributed by atoms with Crippen molar-refractivity contribution in [2.45, 2.75) is 294 Å². The van der Waals surface area contributed by atoms with Gasteiger partial charge in [0.2, 0.25) is 5.91 Å². The summed E-state index contributed by atoms with van der Waals surface area (Å²) < 4.78 is 11.3. The summed E-state index contributed by atoms with van der Waals surface area (Å²) in [6.45, 7) is 3.83. The lowest BCUT2D eigenvalue weighted by Crippen LogP contribution is -2.60. The molecule has 1 aliphatic heterocycles. The number of hydrogen-bond acceptors (Lipinski definition) is 8. The zero-order valence-corrected chi connectivity index (χ0v) is 40.4. The molecule has 0 bridgehead atoms. The van der Waals surface area contributed by atoms with Gasteiger partial charge in [0.15, 0.2) is 6.29 Å². The molecule has 1 fully saturated rings. The minimum atomic E-state index is -1.55. The highest BCUT2D eigenvalue weighted by Crippen LogP contribution is 2.23. The maximum Gasteiger partial charge on any atom is 0.220 e. The van der Waals surface area contributed by atoms with Crippen LogP contribution in [0.15, 0.2) is 24.3 Å². The lowest BCUT2D eigenvalue weighted by atomic mass is 9.99. The molecule has 0 spiro atoms. The van der Waals surface area contributed by atoms with Crippen molar-refractivity contribution >= 4 is 5.91 Å². The molecule has 1 heterocycles. The largest absolute Gasteiger partial charge is 0.394 e. The molecule has 0 aromatic carbocycles. The van der Waals surface area contributed by atoms with Crippen molar-refractivity contribution in [2.24, 2.45) is 0 Å². The Hall–Kier alpha value is -1.33. The predicted octanol–water partition coefficient (Wildman–Crippen LogP) is 12.2. The van der Waals surface area contributed by atoms with Gasteiger partial charge in [-0.1, -0.05) is 224 Å². The van der Waals surface area contributed by atoms with Crippen LogP contribution < -0.4 is 5.32 Å². The third kappa shape index (κ3) is 33.2. The fourth-order valence-corrected chi connectivity index (χ4v) is 8.55. The average Bonchev–Trinajstić information content (AvgIpc) is 3.27. The minimum absolute atomic E-state index is 0.136. The van der Waals surface area contributed by atoms with Crippen LogP contribution in [-0.4, -0.2) is 87.5 Å². The number of hydrogen-bond donors (Lipinski definition) is 6. The van der Waals surface area contributed by atoms with Crippen molar-refractivity contribution in [1.82, 2.24) is 5.32 Å². The highest BCUT2D eigenvalue weighted by Gasteiger charge is 2.44. The molecule has 1 rings (SSSR count). The molecule has 7 atom stereocenters. The van der Waals surface area contributed by atoms with Gasteiger partial charge in [-0.2, -0.15) is 0 Å². The topological polar surface area (TPSA) is 149 Å². The second-order valence-corrected chi connectivity index (χ2v) is 18.7. The Bertz CT molecular complexity index is 1020. The van der Waals surface area contributed by atoms with Gasteiger partial charge in [0.05, 0.1) is 25.4 Å². The number of allylic oxidation sites excluding steroid dienone is 4. The molecular formula is C53H101NO8. The molecule has 1 saturated heterocycles. The first kappa shape index (κ1) is 58.7. The Morgan fingerprint density at radius 1 is 0.548 bits per heavy atom. The molecular weight excluding hydrogens is 779 g/mol. The van der Waals surface area contributed by atoms with Gasteiger partial charge >= 0.3 is 0 Å². The molecule has 366 valence electrons. The van der Waals surface area contributed by atoms with E-state index >= 15 is 0 Å². The summed E-state index contributed by atoms with van der Waals surface area (Å²) in [7, 11) is 0. The Labute approximate surface area is 381 Å². The summed E-state index contributed by atoms with van der Waals surface area (Å²) >= 11 is 0. The van der Waals surface area contributed by atoms with Crippen LogP contribution in [0.4, 0.5) is 0 Å². The van der Waals surface area contributed by atoms with E-state index in [4.69, 9.17) is 9.47 Å². The SMILES string of the molecule is CCCCCCCCCCC/C=C\C/C=C\CCCCCCCCCCCCCCCC(=O)NC(COC1OC(CO)C(O)C(O)C1O)C(O)CCCCCCCCCCCC. The Morgan fingerprint density at radius 3 is 1.39 bits per heavy atom. The van der Waals surface area contributed by atoms with Crippen molar-refractivity contribution in [3.8, 4) is 0 Å². The van der Waals surface area contributed by atoms with Gasteiger partial charge in [-0.3, -0.25) is 4.79 Å². The van der Waals surface area contributed by atoms with E-state index in [9.17, 15) is 30.3 Å². The van der Waals surface area contributed by atoms with E-state index in [1.807, 2.05) is 0 Å². The van der Waals surface area contributed by atoms with Gasteiger partial charge in [0.25, 0.3) is 0 Å². The fraction of sp³-hybridized carbons (Fsp3) is 0.906. The third-order valence-corrected chi connectivity index (χ3v) is 12.8. The number of ether oxygens (including phenoxy) is 2. The summed E-state index contributed by atoms with van der Waals surface area (Å²) in [5.41, 5.74) is 0. The summed E-state index contributed by atoms with van der Waals surface area (Å²) in [4.78, 5) is 13.0. The zero-order chi connectivity index (χ0) is 45.1. The van der Waals surface area contributed by atoms with Crippen LogP contribution in [0.25, 0.3) is 0 Å². The number of nitrogens with one attached hydrogen (secondary N) is 1. The first-order valence-electron chi connectivity index (χ1n) is 26.5. The standard InChI is InChI=1S/C53H101NO8/c1-3-5-7-9-11-13-15-16-17-18-19-20-21-22-23-24-25-26-27-28-29-30-31-32-33-35-37-39-41-43-49(57)54-46(45-61-53-52(60)51(59)50(58)48(44-55)62-53)47(56)42-40-38-36-34-14-12-10-8-6-4-2/h19-20,22-23,46-48,50-53,55-56,58-60H,3-18,21,24-45H2,1-2H3,(H,54,57)/b20-19-,23-22-. The monoisotopic (exact) mass is 880 g/mol. The van der Waals surface area contributed by atoms with Crippen LogP contribution >= 0.6 is 0 Å². The van der Waals surface area contributed by atoms with Crippen LogP contribution in [-0.2, 0) is 14.3 Å². The van der Waals surface area contributed by atoms with Gasteiger partial charge in [0, 0.05) is 6.42 Å². The zero-order valence-electron chi connectivity index (χ0n) is 40.4. The van der Waals surface area contributed by atoms with Crippen LogP contribution in [0.2, 0.25) is 0 Å². The van der Waals surface area contributed by atoms with Crippen molar-refractivity contribution in [3.63, 3.8) is 0 Å². The number of aliphatic hydroxyl groups is 5. The molecule has 9 nitrogen and oxygen atoms in total. The van der Waals surface area contributed by atoms with E-state index in [0.29, 0.717) is 12.8 Å². The molecule has 1 amide bonds. The second kappa shape index (κ2) is 43.6. The fourth-order valence-electron chi connectivity index (χ4n) is 8.55. The Morgan fingerprint density at radius 2 is 0.952 bits per heavy atom. The summed E-state index contributed by atoms with van der Waals surface area (Å²) in [5.74, 6) is -0.145. The van der Waals surface area contributed by atoms with Crippen molar-refractivity contribution in [3.05, 3.63) is 24.3 Å². The van der Waals surface area contributed by atoms with E-state index < -0.39 is 49.5 Å². The van der Waals surface area contributed by atoms with Crippen LogP contribution in [0.5, 0.6) is 0 Å². The molecule has 1 aliphatic rings. The highest BCUT2D eigenvalue weighted by atomic mass is 16.7. The number of rotatable bonds is 45. The van der Waals surface area contributed by atoms with E-state index in [1.165, 1.54) is 180 Å². The first-order valence-corrected chi connectivity index (χ1v) is 26.5. The number of amides is 1. The summed E-state index contributed by atoms with van der Waals surface area (Å²) in [6, 6.07) is -0.716. The van der Waals surface area contributed by atoms with Crippen LogP contribution in [0.1, 0.15) is 251 Å².